The molecule has 0 aliphatic heterocycles. The highest BCUT2D eigenvalue weighted by Gasteiger charge is 2.15. The molecule has 1 unspecified atom stereocenters. The molecule has 4 nitrogen and oxygen atoms in total. The lowest BCUT2D eigenvalue weighted by atomic mass is 10.0. The molecule has 2 N–H and O–H groups in total. The molecule has 2 rings (SSSR count). The summed E-state index contributed by atoms with van der Waals surface area (Å²) >= 11 is 0. The zero-order chi connectivity index (χ0) is 12.3. The first kappa shape index (κ1) is 11.8. The number of benzene rings is 1. The predicted octanol–water partition coefficient (Wildman–Crippen LogP) is 2.38. The van der Waals surface area contributed by atoms with Crippen LogP contribution in [0, 0.1) is 6.92 Å². The van der Waals surface area contributed by atoms with E-state index in [9.17, 15) is 0 Å². The van der Waals surface area contributed by atoms with Gasteiger partial charge in [0.1, 0.15) is 0 Å². The van der Waals surface area contributed by atoms with Gasteiger partial charge < -0.3 is 10.3 Å². The van der Waals surface area contributed by atoms with Gasteiger partial charge in [-0.3, -0.25) is 0 Å². The van der Waals surface area contributed by atoms with Gasteiger partial charge in [0.25, 0.3) is 0 Å². The van der Waals surface area contributed by atoms with Crippen LogP contribution in [0.25, 0.3) is 0 Å². The molecule has 0 bridgehead atoms. The van der Waals surface area contributed by atoms with Crippen LogP contribution in [0.15, 0.2) is 28.8 Å². The van der Waals surface area contributed by atoms with E-state index in [0.717, 1.165) is 18.4 Å². The Kier molecular flexibility index (Phi) is 3.54. The van der Waals surface area contributed by atoms with E-state index in [0.29, 0.717) is 11.7 Å². The van der Waals surface area contributed by atoms with Gasteiger partial charge in [-0.25, -0.2) is 0 Å². The van der Waals surface area contributed by atoms with Crippen LogP contribution in [-0.2, 0) is 6.42 Å². The van der Waals surface area contributed by atoms with E-state index < -0.39 is 0 Å². The van der Waals surface area contributed by atoms with E-state index in [1.165, 1.54) is 5.56 Å². The van der Waals surface area contributed by atoms with Gasteiger partial charge in [-0.2, -0.15) is 4.98 Å². The zero-order valence-electron chi connectivity index (χ0n) is 10.2. The zero-order valence-corrected chi connectivity index (χ0v) is 10.2. The average molecular weight is 231 g/mol. The van der Waals surface area contributed by atoms with Gasteiger partial charge in [-0.1, -0.05) is 41.9 Å². The van der Waals surface area contributed by atoms with Crippen LogP contribution in [0.2, 0.25) is 0 Å². The Morgan fingerprint density at radius 2 is 2.24 bits per heavy atom. The third-order valence-corrected chi connectivity index (χ3v) is 2.63. The summed E-state index contributed by atoms with van der Waals surface area (Å²) in [6, 6.07) is 7.73. The number of nitrogens with two attached hydrogens (primary N) is 1. The second-order valence-electron chi connectivity index (χ2n) is 4.19. The topological polar surface area (TPSA) is 64.9 Å². The first-order valence-corrected chi connectivity index (χ1v) is 5.85. The van der Waals surface area contributed by atoms with Crippen molar-refractivity contribution >= 4 is 0 Å². The van der Waals surface area contributed by atoms with Crippen LogP contribution in [-0.4, -0.2) is 10.1 Å². The SMILES string of the molecule is CCCc1nc(C(N)c2cccc(C)c2)no1. The van der Waals surface area contributed by atoms with Crippen LogP contribution < -0.4 is 5.73 Å². The van der Waals surface area contributed by atoms with Gasteiger partial charge in [-0.15, -0.1) is 0 Å². The molecule has 1 atom stereocenters. The molecule has 0 fully saturated rings. The van der Waals surface area contributed by atoms with Crippen molar-refractivity contribution in [1.29, 1.82) is 0 Å². The monoisotopic (exact) mass is 231 g/mol. The van der Waals surface area contributed by atoms with Crippen molar-refractivity contribution in [2.45, 2.75) is 32.7 Å². The minimum atomic E-state index is -0.316. The number of aromatic nitrogens is 2. The highest BCUT2D eigenvalue weighted by Crippen LogP contribution is 2.18. The summed E-state index contributed by atoms with van der Waals surface area (Å²) in [6.07, 6.45) is 1.79. The molecule has 0 saturated heterocycles. The minimum Gasteiger partial charge on any atom is -0.339 e. The van der Waals surface area contributed by atoms with Crippen LogP contribution in [0.3, 0.4) is 0 Å². The smallest absolute Gasteiger partial charge is 0.226 e. The van der Waals surface area contributed by atoms with Gasteiger partial charge in [-0.05, 0) is 18.9 Å². The van der Waals surface area contributed by atoms with E-state index >= 15 is 0 Å². The maximum absolute atomic E-state index is 6.11. The van der Waals surface area contributed by atoms with Crippen LogP contribution in [0.4, 0.5) is 0 Å². The van der Waals surface area contributed by atoms with Gasteiger partial charge in [0.2, 0.25) is 5.89 Å². The Balaban J connectivity index is 2.21. The van der Waals surface area contributed by atoms with Gasteiger partial charge in [0.05, 0.1) is 6.04 Å². The summed E-state index contributed by atoms with van der Waals surface area (Å²) in [5.41, 5.74) is 8.29. The molecule has 0 radical (unpaired) electrons. The summed E-state index contributed by atoms with van der Waals surface area (Å²) in [4.78, 5) is 4.30. The van der Waals surface area contributed by atoms with Crippen LogP contribution in [0.5, 0.6) is 0 Å². The number of rotatable bonds is 4. The maximum Gasteiger partial charge on any atom is 0.226 e. The largest absolute Gasteiger partial charge is 0.339 e. The highest BCUT2D eigenvalue weighted by atomic mass is 16.5. The molecule has 4 heteroatoms. The number of hydrogen-bond acceptors (Lipinski definition) is 4. The Morgan fingerprint density at radius 3 is 2.94 bits per heavy atom. The molecule has 0 spiro atoms. The second kappa shape index (κ2) is 5.10. The van der Waals surface area contributed by atoms with E-state index in [1.54, 1.807) is 0 Å². The average Bonchev–Trinajstić information content (AvgIpc) is 2.77. The van der Waals surface area contributed by atoms with Crippen molar-refractivity contribution in [3.63, 3.8) is 0 Å². The molecule has 1 aromatic heterocycles. The van der Waals surface area contributed by atoms with Crippen molar-refractivity contribution in [3.05, 3.63) is 47.1 Å². The fourth-order valence-electron chi connectivity index (χ4n) is 1.72. The molecule has 1 heterocycles. The molecule has 0 amide bonds. The summed E-state index contributed by atoms with van der Waals surface area (Å²) in [7, 11) is 0. The Hall–Kier alpha value is -1.68. The lowest BCUT2D eigenvalue weighted by Crippen LogP contribution is -2.13. The fraction of sp³-hybridized carbons (Fsp3) is 0.385. The summed E-state index contributed by atoms with van der Waals surface area (Å²) in [5, 5.41) is 3.93. The first-order chi connectivity index (χ1) is 8.20. The third-order valence-electron chi connectivity index (χ3n) is 2.63. The number of aryl methyl sites for hydroxylation is 2. The van der Waals surface area contributed by atoms with Crippen LogP contribution >= 0.6 is 0 Å². The molecule has 0 aliphatic rings. The molecular weight excluding hydrogens is 214 g/mol. The quantitative estimate of drug-likeness (QED) is 0.877. The lowest BCUT2D eigenvalue weighted by molar-refractivity contribution is 0.370. The Morgan fingerprint density at radius 1 is 1.41 bits per heavy atom. The number of nitrogens with zero attached hydrogens (tertiary/aromatic N) is 2. The molecule has 1 aromatic carbocycles. The molecule has 2 aromatic rings. The molecular formula is C13H17N3O. The van der Waals surface area contributed by atoms with E-state index in [4.69, 9.17) is 10.3 Å². The molecule has 0 saturated carbocycles. The second-order valence-corrected chi connectivity index (χ2v) is 4.19. The number of hydrogen-bond donors (Lipinski definition) is 1. The fourth-order valence-corrected chi connectivity index (χ4v) is 1.72. The summed E-state index contributed by atoms with van der Waals surface area (Å²) in [5.74, 6) is 1.21. The molecule has 0 aliphatic carbocycles. The van der Waals surface area contributed by atoms with Gasteiger partial charge in [0, 0.05) is 6.42 Å². The normalized spacial score (nSPS) is 12.6. The summed E-state index contributed by atoms with van der Waals surface area (Å²) in [6.45, 7) is 4.11. The van der Waals surface area contributed by atoms with Crippen molar-refractivity contribution in [2.24, 2.45) is 5.73 Å². The maximum atomic E-state index is 6.11. The lowest BCUT2D eigenvalue weighted by Gasteiger charge is -2.07. The van der Waals surface area contributed by atoms with Crippen molar-refractivity contribution < 1.29 is 4.52 Å². The van der Waals surface area contributed by atoms with Crippen molar-refractivity contribution in [2.75, 3.05) is 0 Å². The van der Waals surface area contributed by atoms with Crippen molar-refractivity contribution in [1.82, 2.24) is 10.1 Å². The Labute approximate surface area is 101 Å². The van der Waals surface area contributed by atoms with E-state index in [2.05, 4.69) is 17.1 Å². The van der Waals surface area contributed by atoms with E-state index in [1.807, 2.05) is 31.2 Å². The molecule has 90 valence electrons. The highest BCUT2D eigenvalue weighted by molar-refractivity contribution is 5.28. The first-order valence-electron chi connectivity index (χ1n) is 5.85. The van der Waals surface area contributed by atoms with Crippen molar-refractivity contribution in [3.8, 4) is 0 Å². The Bertz CT molecular complexity index is 493. The van der Waals surface area contributed by atoms with Gasteiger partial charge in [0.15, 0.2) is 5.82 Å². The predicted molar refractivity (Wildman–Crippen MR) is 65.5 cm³/mol. The van der Waals surface area contributed by atoms with Crippen LogP contribution in [0.1, 0.15) is 42.2 Å². The summed E-state index contributed by atoms with van der Waals surface area (Å²) < 4.78 is 5.14. The molecule has 17 heavy (non-hydrogen) atoms. The van der Waals surface area contributed by atoms with E-state index in [-0.39, 0.29) is 6.04 Å². The minimum absolute atomic E-state index is 0.316. The third kappa shape index (κ3) is 2.71. The standard InChI is InChI=1S/C13H17N3O/c1-3-5-11-15-13(16-17-11)12(14)10-7-4-6-9(2)8-10/h4,6-8,12H,3,5,14H2,1-2H3. The van der Waals surface area contributed by atoms with Gasteiger partial charge >= 0.3 is 0 Å².